The fraction of sp³-hybridized carbons (Fsp3) is 0. The molecular weight excluding hydrogens is 727 g/mol. The SMILES string of the molecule is c1ccc(-c2cc(-c3cccc(-c4cccc5c4oc4ccccc45)c3)nc(-c3ccc(-c4nc5ccc6ccccc6c5c5sc6ccccc6c45)cc3)n2)cc1. The van der Waals surface area contributed by atoms with Gasteiger partial charge in [0.2, 0.25) is 0 Å². The van der Waals surface area contributed by atoms with Crippen LogP contribution in [0.15, 0.2) is 192 Å². The molecule has 0 radical (unpaired) electrons. The second-order valence-electron chi connectivity index (χ2n) is 14.7. The van der Waals surface area contributed by atoms with Crippen LogP contribution < -0.4 is 0 Å². The molecule has 270 valence electrons. The van der Waals surface area contributed by atoms with Crippen molar-refractivity contribution in [3.8, 4) is 56.3 Å². The summed E-state index contributed by atoms with van der Waals surface area (Å²) in [5.41, 5.74) is 11.6. The van der Waals surface area contributed by atoms with Crippen molar-refractivity contribution in [2.24, 2.45) is 0 Å². The number of thiophene rings is 1. The number of benzene rings is 8. The monoisotopic (exact) mass is 757 g/mol. The van der Waals surface area contributed by atoms with E-state index in [1.54, 1.807) is 0 Å². The Morgan fingerprint density at radius 1 is 0.414 bits per heavy atom. The van der Waals surface area contributed by atoms with Crippen molar-refractivity contribution in [3.05, 3.63) is 188 Å². The maximum absolute atomic E-state index is 6.43. The summed E-state index contributed by atoms with van der Waals surface area (Å²) in [6.45, 7) is 0. The molecule has 0 unspecified atom stereocenters. The van der Waals surface area contributed by atoms with E-state index in [4.69, 9.17) is 19.4 Å². The highest BCUT2D eigenvalue weighted by Crippen LogP contribution is 2.45. The number of furan rings is 1. The first-order valence-electron chi connectivity index (χ1n) is 19.4. The minimum absolute atomic E-state index is 0.664. The van der Waals surface area contributed by atoms with Gasteiger partial charge in [0.1, 0.15) is 11.2 Å². The smallest absolute Gasteiger partial charge is 0.160 e. The number of para-hydroxylation sites is 2. The molecular formula is C53H31N3OS. The maximum Gasteiger partial charge on any atom is 0.160 e. The molecule has 4 nitrogen and oxygen atoms in total. The molecule has 0 atom stereocenters. The summed E-state index contributed by atoms with van der Waals surface area (Å²) in [6, 6.07) is 65.8. The fourth-order valence-electron chi connectivity index (χ4n) is 8.51. The van der Waals surface area contributed by atoms with Crippen molar-refractivity contribution in [3.63, 3.8) is 0 Å². The Balaban J connectivity index is 0.995. The van der Waals surface area contributed by atoms with E-state index >= 15 is 0 Å². The highest BCUT2D eigenvalue weighted by atomic mass is 32.1. The molecule has 12 aromatic rings. The second-order valence-corrected chi connectivity index (χ2v) is 15.8. The van der Waals surface area contributed by atoms with Gasteiger partial charge in [-0.25, -0.2) is 15.0 Å². The Morgan fingerprint density at radius 3 is 1.97 bits per heavy atom. The molecule has 58 heavy (non-hydrogen) atoms. The van der Waals surface area contributed by atoms with Gasteiger partial charge in [-0.15, -0.1) is 11.3 Å². The van der Waals surface area contributed by atoms with E-state index in [1.165, 1.54) is 36.3 Å². The summed E-state index contributed by atoms with van der Waals surface area (Å²) in [4.78, 5) is 15.8. The molecule has 0 saturated carbocycles. The van der Waals surface area contributed by atoms with Gasteiger partial charge in [-0.05, 0) is 46.7 Å². The molecule has 0 N–H and O–H groups in total. The van der Waals surface area contributed by atoms with Gasteiger partial charge in [0, 0.05) is 64.1 Å². The number of aromatic nitrogens is 3. The van der Waals surface area contributed by atoms with Gasteiger partial charge in [0.25, 0.3) is 0 Å². The minimum atomic E-state index is 0.664. The van der Waals surface area contributed by atoms with Crippen LogP contribution in [0.4, 0.5) is 0 Å². The summed E-state index contributed by atoms with van der Waals surface area (Å²) in [5.74, 6) is 0.664. The third-order valence-electron chi connectivity index (χ3n) is 11.3. The summed E-state index contributed by atoms with van der Waals surface area (Å²) in [6.07, 6.45) is 0. The van der Waals surface area contributed by atoms with Crippen molar-refractivity contribution < 1.29 is 4.42 Å². The second kappa shape index (κ2) is 13.1. The highest BCUT2D eigenvalue weighted by Gasteiger charge is 2.19. The van der Waals surface area contributed by atoms with Gasteiger partial charge < -0.3 is 4.42 Å². The summed E-state index contributed by atoms with van der Waals surface area (Å²) >= 11 is 1.85. The van der Waals surface area contributed by atoms with E-state index in [2.05, 4.69) is 170 Å². The first-order valence-corrected chi connectivity index (χ1v) is 20.2. The Kier molecular flexibility index (Phi) is 7.37. The Hall–Kier alpha value is -7.47. The number of hydrogen-bond donors (Lipinski definition) is 0. The third-order valence-corrected chi connectivity index (χ3v) is 12.5. The molecule has 0 aliphatic rings. The molecule has 0 amide bonds. The molecule has 4 heterocycles. The first-order chi connectivity index (χ1) is 28.7. The summed E-state index contributed by atoms with van der Waals surface area (Å²) < 4.78 is 8.95. The lowest BCUT2D eigenvalue weighted by Gasteiger charge is -2.12. The molecule has 0 aliphatic heterocycles. The molecule has 0 bridgehead atoms. The van der Waals surface area contributed by atoms with Gasteiger partial charge in [0.05, 0.1) is 22.6 Å². The zero-order chi connectivity index (χ0) is 38.2. The van der Waals surface area contributed by atoms with Crippen LogP contribution in [0.2, 0.25) is 0 Å². The number of hydrogen-bond acceptors (Lipinski definition) is 5. The van der Waals surface area contributed by atoms with E-state index in [-0.39, 0.29) is 0 Å². The predicted molar refractivity (Wildman–Crippen MR) is 242 cm³/mol. The maximum atomic E-state index is 6.43. The van der Waals surface area contributed by atoms with Gasteiger partial charge >= 0.3 is 0 Å². The number of nitrogens with zero attached hydrogens (tertiary/aromatic N) is 3. The quantitative estimate of drug-likeness (QED) is 0.164. The van der Waals surface area contributed by atoms with E-state index in [9.17, 15) is 0 Å². The Labute approximate surface area is 337 Å². The Bertz CT molecular complexity index is 3570. The molecule has 0 aliphatic carbocycles. The first kappa shape index (κ1) is 32.7. The number of rotatable bonds is 5. The van der Waals surface area contributed by atoms with Gasteiger partial charge in [-0.1, -0.05) is 158 Å². The molecule has 12 rings (SSSR count). The standard InChI is InChI=1S/C53H31N3OS/c1-2-13-33(14-3-1)44-31-45(37-16-10-15-36(30-37)39-20-11-21-41-40-18-6-8-22-46(40)57-51(39)41)56-53(55-44)35-26-24-34(25-27-35)50-49-42-19-7-9-23-47(42)58-52(49)48-38-17-5-4-12-32(38)28-29-43(48)54-50/h1-31H. The molecule has 0 fully saturated rings. The molecule has 0 spiro atoms. The van der Waals surface area contributed by atoms with Crippen LogP contribution >= 0.6 is 11.3 Å². The van der Waals surface area contributed by atoms with E-state index in [0.717, 1.165) is 77.9 Å². The highest BCUT2D eigenvalue weighted by molar-refractivity contribution is 7.27. The van der Waals surface area contributed by atoms with Crippen LogP contribution in [-0.2, 0) is 0 Å². The fourth-order valence-corrected chi connectivity index (χ4v) is 9.78. The predicted octanol–water partition coefficient (Wildman–Crippen LogP) is 14.8. The van der Waals surface area contributed by atoms with Crippen LogP contribution in [0.3, 0.4) is 0 Å². The van der Waals surface area contributed by atoms with E-state index in [1.807, 2.05) is 29.5 Å². The minimum Gasteiger partial charge on any atom is -0.455 e. The number of fused-ring (bicyclic) bond motifs is 10. The lowest BCUT2D eigenvalue weighted by Crippen LogP contribution is -1.96. The van der Waals surface area contributed by atoms with Crippen molar-refractivity contribution >= 4 is 75.1 Å². The van der Waals surface area contributed by atoms with E-state index < -0.39 is 0 Å². The molecule has 0 saturated heterocycles. The lowest BCUT2D eigenvalue weighted by atomic mass is 9.98. The van der Waals surface area contributed by atoms with Gasteiger partial charge in [-0.2, -0.15) is 0 Å². The van der Waals surface area contributed by atoms with Crippen molar-refractivity contribution in [2.75, 3.05) is 0 Å². The van der Waals surface area contributed by atoms with Crippen LogP contribution in [0.25, 0.3) is 120 Å². The molecule has 4 aromatic heterocycles. The lowest BCUT2D eigenvalue weighted by molar-refractivity contribution is 0.670. The third kappa shape index (κ3) is 5.25. The van der Waals surface area contributed by atoms with Crippen LogP contribution in [0.1, 0.15) is 0 Å². The van der Waals surface area contributed by atoms with Crippen molar-refractivity contribution in [2.45, 2.75) is 0 Å². The zero-order valence-corrected chi connectivity index (χ0v) is 31.9. The number of pyridine rings is 1. The van der Waals surface area contributed by atoms with Crippen LogP contribution in [-0.4, -0.2) is 15.0 Å². The van der Waals surface area contributed by atoms with E-state index in [0.29, 0.717) is 5.82 Å². The normalized spacial score (nSPS) is 11.8. The summed E-state index contributed by atoms with van der Waals surface area (Å²) in [5, 5.41) is 8.32. The average Bonchev–Trinajstić information content (AvgIpc) is 3.88. The summed E-state index contributed by atoms with van der Waals surface area (Å²) in [7, 11) is 0. The largest absolute Gasteiger partial charge is 0.455 e. The van der Waals surface area contributed by atoms with Gasteiger partial charge in [-0.3, -0.25) is 0 Å². The van der Waals surface area contributed by atoms with Crippen LogP contribution in [0.5, 0.6) is 0 Å². The van der Waals surface area contributed by atoms with Gasteiger partial charge in [0.15, 0.2) is 5.82 Å². The molecule has 8 aromatic carbocycles. The topological polar surface area (TPSA) is 51.8 Å². The van der Waals surface area contributed by atoms with Crippen molar-refractivity contribution in [1.29, 1.82) is 0 Å². The van der Waals surface area contributed by atoms with Crippen LogP contribution in [0, 0.1) is 0 Å². The Morgan fingerprint density at radius 2 is 1.09 bits per heavy atom. The average molecular weight is 758 g/mol. The zero-order valence-electron chi connectivity index (χ0n) is 31.1. The van der Waals surface area contributed by atoms with Crippen molar-refractivity contribution in [1.82, 2.24) is 15.0 Å². The molecule has 5 heteroatoms.